The minimum Gasteiger partial charge on any atom is -0.296 e. The van der Waals surface area contributed by atoms with E-state index in [-0.39, 0.29) is 0 Å². The van der Waals surface area contributed by atoms with E-state index in [0.717, 1.165) is 12.3 Å². The van der Waals surface area contributed by atoms with E-state index in [9.17, 15) is 0 Å². The van der Waals surface area contributed by atoms with Gasteiger partial charge in [-0.2, -0.15) is 0 Å². The number of halogens is 1. The Morgan fingerprint density at radius 1 is 1.53 bits per heavy atom. The number of hydrogen-bond acceptors (Lipinski definition) is 2. The molecule has 15 heavy (non-hydrogen) atoms. The summed E-state index contributed by atoms with van der Waals surface area (Å²) in [5, 5.41) is 2.23. The number of unbranched alkanes of at least 4 members (excludes halogenated alkanes) is 1. The second-order valence-electron chi connectivity index (χ2n) is 4.16. The molecule has 2 heterocycles. The van der Waals surface area contributed by atoms with Crippen LogP contribution in [0.25, 0.3) is 0 Å². The smallest absolute Gasteiger partial charge is 0.0331 e. The summed E-state index contributed by atoms with van der Waals surface area (Å²) in [4.78, 5) is 4.18. The van der Waals surface area contributed by atoms with E-state index in [4.69, 9.17) is 11.6 Å². The van der Waals surface area contributed by atoms with Crippen molar-refractivity contribution in [2.24, 2.45) is 0 Å². The zero-order chi connectivity index (χ0) is 10.7. The van der Waals surface area contributed by atoms with Gasteiger partial charge in [0.2, 0.25) is 0 Å². The second kappa shape index (κ2) is 5.33. The third-order valence-corrected chi connectivity index (χ3v) is 4.50. The summed E-state index contributed by atoms with van der Waals surface area (Å²) in [6.07, 6.45) is 3.60. The van der Waals surface area contributed by atoms with Crippen LogP contribution in [-0.4, -0.2) is 23.9 Å². The Morgan fingerprint density at radius 2 is 2.40 bits per heavy atom. The van der Waals surface area contributed by atoms with Crippen LogP contribution in [0.5, 0.6) is 0 Å². The molecule has 0 aliphatic carbocycles. The van der Waals surface area contributed by atoms with Gasteiger partial charge in [0, 0.05) is 23.3 Å². The van der Waals surface area contributed by atoms with Crippen molar-refractivity contribution in [2.75, 3.05) is 19.0 Å². The van der Waals surface area contributed by atoms with E-state index >= 15 is 0 Å². The van der Waals surface area contributed by atoms with Crippen molar-refractivity contribution in [1.82, 2.24) is 4.90 Å². The van der Waals surface area contributed by atoms with Gasteiger partial charge in [0.25, 0.3) is 0 Å². The van der Waals surface area contributed by atoms with Crippen LogP contribution in [0.4, 0.5) is 0 Å². The Morgan fingerprint density at radius 3 is 3.20 bits per heavy atom. The van der Waals surface area contributed by atoms with Crippen molar-refractivity contribution < 1.29 is 0 Å². The molecule has 1 aliphatic heterocycles. The van der Waals surface area contributed by atoms with Crippen molar-refractivity contribution in [3.05, 3.63) is 21.9 Å². The third kappa shape index (κ3) is 2.55. The summed E-state index contributed by atoms with van der Waals surface area (Å²) in [5.74, 6) is 0.798. The number of thiophene rings is 1. The Balaban J connectivity index is 1.94. The van der Waals surface area contributed by atoms with E-state index in [2.05, 4.69) is 23.3 Å². The Kier molecular flexibility index (Phi) is 4.06. The molecule has 1 aliphatic rings. The number of nitrogens with zero attached hydrogens (tertiary/aromatic N) is 1. The van der Waals surface area contributed by atoms with E-state index in [1.807, 2.05) is 11.3 Å². The predicted molar refractivity (Wildman–Crippen MR) is 68.0 cm³/mol. The fraction of sp³-hybridized carbons (Fsp3) is 0.667. The van der Waals surface area contributed by atoms with E-state index < -0.39 is 0 Å². The van der Waals surface area contributed by atoms with E-state index in [1.54, 1.807) is 10.4 Å². The molecule has 1 aromatic heterocycles. The molecule has 1 unspecified atom stereocenters. The van der Waals surface area contributed by atoms with Crippen molar-refractivity contribution >= 4 is 22.9 Å². The SMILES string of the molecule is CC1c2ccsc2CCN1CCCCCl. The molecule has 0 bridgehead atoms. The fourth-order valence-electron chi connectivity index (χ4n) is 2.28. The monoisotopic (exact) mass is 243 g/mol. The summed E-state index contributed by atoms with van der Waals surface area (Å²) in [5.41, 5.74) is 1.55. The van der Waals surface area contributed by atoms with Gasteiger partial charge in [0.15, 0.2) is 0 Å². The highest BCUT2D eigenvalue weighted by Crippen LogP contribution is 2.32. The van der Waals surface area contributed by atoms with Gasteiger partial charge in [-0.3, -0.25) is 4.90 Å². The predicted octanol–water partition coefficient (Wildman–Crippen LogP) is 3.69. The van der Waals surface area contributed by atoms with Crippen LogP contribution in [0.2, 0.25) is 0 Å². The van der Waals surface area contributed by atoms with Gasteiger partial charge in [-0.1, -0.05) is 0 Å². The first-order chi connectivity index (χ1) is 7.33. The van der Waals surface area contributed by atoms with Crippen LogP contribution in [0.15, 0.2) is 11.4 Å². The van der Waals surface area contributed by atoms with Gasteiger partial charge in [0.05, 0.1) is 0 Å². The molecule has 0 fully saturated rings. The molecule has 0 amide bonds. The minimum absolute atomic E-state index is 0.607. The van der Waals surface area contributed by atoms with Crippen LogP contribution in [0.1, 0.15) is 36.2 Å². The highest BCUT2D eigenvalue weighted by molar-refractivity contribution is 7.10. The van der Waals surface area contributed by atoms with Gasteiger partial charge < -0.3 is 0 Å². The Bertz CT molecular complexity index is 310. The second-order valence-corrected chi connectivity index (χ2v) is 5.54. The van der Waals surface area contributed by atoms with E-state index in [0.29, 0.717) is 6.04 Å². The molecule has 0 spiro atoms. The molecule has 0 radical (unpaired) electrons. The van der Waals surface area contributed by atoms with Gasteiger partial charge >= 0.3 is 0 Å². The van der Waals surface area contributed by atoms with Gasteiger partial charge in [-0.25, -0.2) is 0 Å². The maximum absolute atomic E-state index is 5.70. The first kappa shape index (κ1) is 11.4. The topological polar surface area (TPSA) is 3.24 Å². The molecule has 1 nitrogen and oxygen atoms in total. The van der Waals surface area contributed by atoms with Crippen molar-refractivity contribution in [3.8, 4) is 0 Å². The highest BCUT2D eigenvalue weighted by atomic mass is 35.5. The summed E-state index contributed by atoms with van der Waals surface area (Å²) < 4.78 is 0. The summed E-state index contributed by atoms with van der Waals surface area (Å²) >= 11 is 7.61. The maximum Gasteiger partial charge on any atom is 0.0331 e. The summed E-state index contributed by atoms with van der Waals surface area (Å²) in [7, 11) is 0. The minimum atomic E-state index is 0.607. The molecule has 0 saturated carbocycles. The van der Waals surface area contributed by atoms with Crippen molar-refractivity contribution in [1.29, 1.82) is 0 Å². The highest BCUT2D eigenvalue weighted by Gasteiger charge is 2.23. The first-order valence-corrected chi connectivity index (χ1v) is 7.10. The molecule has 1 atom stereocenters. The van der Waals surface area contributed by atoms with Crippen molar-refractivity contribution in [2.45, 2.75) is 32.2 Å². The van der Waals surface area contributed by atoms with Gasteiger partial charge in [0.1, 0.15) is 0 Å². The Labute approximate surface area is 101 Å². The van der Waals surface area contributed by atoms with E-state index in [1.165, 1.54) is 25.9 Å². The van der Waals surface area contributed by atoms with Gasteiger partial charge in [-0.15, -0.1) is 22.9 Å². The van der Waals surface area contributed by atoms with Crippen LogP contribution in [0, 0.1) is 0 Å². The zero-order valence-electron chi connectivity index (χ0n) is 9.21. The average Bonchev–Trinajstić information content (AvgIpc) is 2.70. The molecule has 0 aromatic carbocycles. The number of fused-ring (bicyclic) bond motifs is 1. The summed E-state index contributed by atoms with van der Waals surface area (Å²) in [6, 6.07) is 2.90. The van der Waals surface area contributed by atoms with Crippen LogP contribution >= 0.6 is 22.9 Å². The lowest BCUT2D eigenvalue weighted by Crippen LogP contribution is -2.33. The zero-order valence-corrected chi connectivity index (χ0v) is 10.8. The first-order valence-electron chi connectivity index (χ1n) is 5.69. The summed E-state index contributed by atoms with van der Waals surface area (Å²) in [6.45, 7) is 4.74. The maximum atomic E-state index is 5.70. The van der Waals surface area contributed by atoms with Gasteiger partial charge in [-0.05, 0) is 49.7 Å². The van der Waals surface area contributed by atoms with Crippen LogP contribution < -0.4 is 0 Å². The lowest BCUT2D eigenvalue weighted by atomic mass is 10.0. The molecular weight excluding hydrogens is 226 g/mol. The molecule has 1 aromatic rings. The van der Waals surface area contributed by atoms with Crippen LogP contribution in [-0.2, 0) is 6.42 Å². The number of rotatable bonds is 4. The van der Waals surface area contributed by atoms with Crippen LogP contribution in [0.3, 0.4) is 0 Å². The molecular formula is C12H18ClNS. The third-order valence-electron chi connectivity index (χ3n) is 3.23. The Hall–Kier alpha value is -0.0500. The number of alkyl halides is 1. The number of hydrogen-bond donors (Lipinski definition) is 0. The largest absolute Gasteiger partial charge is 0.296 e. The molecule has 0 N–H and O–H groups in total. The molecule has 2 rings (SSSR count). The molecule has 84 valence electrons. The molecule has 3 heteroatoms. The molecule has 0 saturated heterocycles. The normalized spacial score (nSPS) is 21.6. The fourth-order valence-corrected chi connectivity index (χ4v) is 3.43. The lowest BCUT2D eigenvalue weighted by Gasteiger charge is -2.33. The lowest BCUT2D eigenvalue weighted by molar-refractivity contribution is 0.197. The van der Waals surface area contributed by atoms with Crippen molar-refractivity contribution in [3.63, 3.8) is 0 Å². The average molecular weight is 244 g/mol. The standard InChI is InChI=1S/C12H18ClNS/c1-10-11-5-9-15-12(11)4-8-14(10)7-3-2-6-13/h5,9-10H,2-4,6-8H2,1H3. The quantitative estimate of drug-likeness (QED) is 0.576.